The maximum atomic E-state index is 13.0. The molecule has 0 unspecified atom stereocenters. The fraction of sp³-hybridized carbons (Fsp3) is 0.375. The molecule has 110 valence electrons. The smallest absolute Gasteiger partial charge is 0.276 e. The molecule has 1 atom stereocenters. The first-order valence-electron chi connectivity index (χ1n) is 7.03. The minimum atomic E-state index is -0.238. The number of oxazole rings is 1. The third kappa shape index (κ3) is 2.68. The van der Waals surface area contributed by atoms with Crippen LogP contribution in [0.15, 0.2) is 28.7 Å². The van der Waals surface area contributed by atoms with E-state index in [0.717, 1.165) is 12.0 Å². The van der Waals surface area contributed by atoms with Crippen LogP contribution in [-0.2, 0) is 0 Å². The van der Waals surface area contributed by atoms with E-state index in [9.17, 15) is 9.18 Å². The molecular weight excluding hydrogens is 271 g/mol. The normalized spacial score (nSPS) is 18.2. The fourth-order valence-electron chi connectivity index (χ4n) is 2.83. The number of halogens is 1. The molecule has 21 heavy (non-hydrogen) atoms. The first-order chi connectivity index (χ1) is 10.0. The summed E-state index contributed by atoms with van der Waals surface area (Å²) in [6.07, 6.45) is 0.882. The van der Waals surface area contributed by atoms with Crippen molar-refractivity contribution in [2.45, 2.75) is 26.2 Å². The largest absolute Gasteiger partial charge is 0.445 e. The monoisotopic (exact) mass is 288 g/mol. The third-order valence-corrected chi connectivity index (χ3v) is 3.92. The molecule has 2 aromatic rings. The van der Waals surface area contributed by atoms with Crippen molar-refractivity contribution in [3.8, 4) is 0 Å². The van der Waals surface area contributed by atoms with Gasteiger partial charge in [0.05, 0.1) is 0 Å². The summed E-state index contributed by atoms with van der Waals surface area (Å²) in [6, 6.07) is 6.51. The van der Waals surface area contributed by atoms with Gasteiger partial charge in [-0.15, -0.1) is 0 Å². The van der Waals surface area contributed by atoms with Crippen molar-refractivity contribution < 1.29 is 13.6 Å². The number of nitrogens with zero attached hydrogens (tertiary/aromatic N) is 2. The predicted molar refractivity (Wildman–Crippen MR) is 75.6 cm³/mol. The fourth-order valence-corrected chi connectivity index (χ4v) is 2.83. The zero-order chi connectivity index (χ0) is 15.0. The van der Waals surface area contributed by atoms with Crippen LogP contribution in [0, 0.1) is 19.7 Å². The number of carbonyl (C=O) groups excluding carboxylic acids is 1. The van der Waals surface area contributed by atoms with Crippen LogP contribution < -0.4 is 0 Å². The molecule has 4 nitrogen and oxygen atoms in total. The standard InChI is InChI=1S/C16H17FN2O2/c1-10-15(18-11(2)21-10)16(20)19-8-7-13(9-19)12-3-5-14(17)6-4-12/h3-6,13H,7-9H2,1-2H3/t13-/m0/s1. The van der Waals surface area contributed by atoms with Crippen LogP contribution in [0.25, 0.3) is 0 Å². The van der Waals surface area contributed by atoms with Gasteiger partial charge in [-0.3, -0.25) is 4.79 Å². The van der Waals surface area contributed by atoms with Gasteiger partial charge < -0.3 is 9.32 Å². The van der Waals surface area contributed by atoms with E-state index in [1.54, 1.807) is 30.9 Å². The number of carbonyl (C=O) groups is 1. The molecule has 1 fully saturated rings. The molecule has 0 N–H and O–H groups in total. The minimum absolute atomic E-state index is 0.0889. The van der Waals surface area contributed by atoms with E-state index in [1.165, 1.54) is 12.1 Å². The van der Waals surface area contributed by atoms with Crippen LogP contribution in [0.1, 0.15) is 40.0 Å². The van der Waals surface area contributed by atoms with Gasteiger partial charge in [0.15, 0.2) is 11.6 Å². The van der Waals surface area contributed by atoms with E-state index in [-0.39, 0.29) is 17.6 Å². The van der Waals surface area contributed by atoms with Gasteiger partial charge in [-0.25, -0.2) is 9.37 Å². The van der Waals surface area contributed by atoms with Gasteiger partial charge in [0, 0.05) is 25.9 Å². The molecule has 0 radical (unpaired) electrons. The highest BCUT2D eigenvalue weighted by atomic mass is 19.1. The SMILES string of the molecule is Cc1nc(C(=O)N2CC[C@H](c3ccc(F)cc3)C2)c(C)o1. The summed E-state index contributed by atoms with van der Waals surface area (Å²) < 4.78 is 18.3. The Morgan fingerprint density at radius 1 is 1.33 bits per heavy atom. The zero-order valence-electron chi connectivity index (χ0n) is 12.1. The Balaban J connectivity index is 1.73. The van der Waals surface area contributed by atoms with Crippen LogP contribution in [-0.4, -0.2) is 28.9 Å². The van der Waals surface area contributed by atoms with E-state index in [4.69, 9.17) is 4.42 Å². The summed E-state index contributed by atoms with van der Waals surface area (Å²) in [5, 5.41) is 0. The molecule has 1 aromatic heterocycles. The van der Waals surface area contributed by atoms with Gasteiger partial charge in [0.1, 0.15) is 11.6 Å². The Labute approximate surface area is 122 Å². The van der Waals surface area contributed by atoms with Gasteiger partial charge in [-0.2, -0.15) is 0 Å². The van der Waals surface area contributed by atoms with Crippen LogP contribution in [0.3, 0.4) is 0 Å². The van der Waals surface area contributed by atoms with Gasteiger partial charge in [0.25, 0.3) is 5.91 Å². The van der Waals surface area contributed by atoms with Crippen LogP contribution in [0.5, 0.6) is 0 Å². The summed E-state index contributed by atoms with van der Waals surface area (Å²) >= 11 is 0. The molecule has 3 rings (SSSR count). The zero-order valence-corrected chi connectivity index (χ0v) is 12.1. The number of aryl methyl sites for hydroxylation is 2. The number of aromatic nitrogens is 1. The Morgan fingerprint density at radius 3 is 2.67 bits per heavy atom. The minimum Gasteiger partial charge on any atom is -0.445 e. The molecule has 0 saturated carbocycles. The lowest BCUT2D eigenvalue weighted by molar-refractivity contribution is 0.0784. The summed E-state index contributed by atoms with van der Waals surface area (Å²) in [6.45, 7) is 4.80. The first kappa shape index (κ1) is 13.8. The van der Waals surface area contributed by atoms with Crippen LogP contribution in [0.2, 0.25) is 0 Å². The molecule has 1 saturated heterocycles. The maximum absolute atomic E-state index is 13.0. The van der Waals surface area contributed by atoms with Crippen molar-refractivity contribution >= 4 is 5.91 Å². The average Bonchev–Trinajstić information content (AvgIpc) is 3.06. The number of amides is 1. The molecule has 5 heteroatoms. The highest BCUT2D eigenvalue weighted by molar-refractivity contribution is 5.93. The van der Waals surface area contributed by atoms with Crippen LogP contribution in [0.4, 0.5) is 4.39 Å². The molecule has 0 aliphatic carbocycles. The predicted octanol–water partition coefficient (Wildman–Crippen LogP) is 3.06. The highest BCUT2D eigenvalue weighted by Crippen LogP contribution is 2.28. The Kier molecular flexibility index (Phi) is 3.49. The summed E-state index contributed by atoms with van der Waals surface area (Å²) in [5.74, 6) is 0.989. The summed E-state index contributed by atoms with van der Waals surface area (Å²) in [4.78, 5) is 18.4. The van der Waals surface area contributed by atoms with Gasteiger partial charge in [-0.05, 0) is 31.0 Å². The van der Waals surface area contributed by atoms with Crippen molar-refractivity contribution in [3.63, 3.8) is 0 Å². The average molecular weight is 288 g/mol. The number of likely N-dealkylation sites (tertiary alicyclic amines) is 1. The van der Waals surface area contributed by atoms with Crippen molar-refractivity contribution in [1.29, 1.82) is 0 Å². The summed E-state index contributed by atoms with van der Waals surface area (Å²) in [5.41, 5.74) is 1.46. The maximum Gasteiger partial charge on any atom is 0.276 e. The Morgan fingerprint density at radius 2 is 2.05 bits per heavy atom. The third-order valence-electron chi connectivity index (χ3n) is 3.92. The first-order valence-corrected chi connectivity index (χ1v) is 7.03. The van der Waals surface area contributed by atoms with Crippen molar-refractivity contribution in [2.24, 2.45) is 0 Å². The van der Waals surface area contributed by atoms with Gasteiger partial charge in [0.2, 0.25) is 0 Å². The van der Waals surface area contributed by atoms with E-state index >= 15 is 0 Å². The Hall–Kier alpha value is -2.17. The molecule has 1 aromatic carbocycles. The molecular formula is C16H17FN2O2. The molecule has 2 heterocycles. The lowest BCUT2D eigenvalue weighted by Gasteiger charge is -2.15. The van der Waals surface area contributed by atoms with Gasteiger partial charge >= 0.3 is 0 Å². The number of hydrogen-bond acceptors (Lipinski definition) is 3. The van der Waals surface area contributed by atoms with E-state index in [1.807, 2.05) is 0 Å². The van der Waals surface area contributed by atoms with E-state index in [0.29, 0.717) is 30.4 Å². The lowest BCUT2D eigenvalue weighted by Crippen LogP contribution is -2.29. The van der Waals surface area contributed by atoms with E-state index < -0.39 is 0 Å². The number of rotatable bonds is 2. The molecule has 1 aliphatic rings. The second-order valence-electron chi connectivity index (χ2n) is 5.43. The van der Waals surface area contributed by atoms with E-state index in [2.05, 4.69) is 4.98 Å². The topological polar surface area (TPSA) is 46.3 Å². The van der Waals surface area contributed by atoms with Crippen molar-refractivity contribution in [2.75, 3.05) is 13.1 Å². The highest BCUT2D eigenvalue weighted by Gasteiger charge is 2.30. The molecule has 0 spiro atoms. The molecule has 1 aliphatic heterocycles. The van der Waals surface area contributed by atoms with Crippen molar-refractivity contribution in [3.05, 3.63) is 53.0 Å². The van der Waals surface area contributed by atoms with Gasteiger partial charge in [-0.1, -0.05) is 12.1 Å². The summed E-state index contributed by atoms with van der Waals surface area (Å²) in [7, 11) is 0. The number of benzene rings is 1. The molecule has 0 bridgehead atoms. The second kappa shape index (κ2) is 5.31. The van der Waals surface area contributed by atoms with Crippen molar-refractivity contribution in [1.82, 2.24) is 9.88 Å². The molecule has 1 amide bonds. The Bertz CT molecular complexity index is 663. The lowest BCUT2D eigenvalue weighted by atomic mass is 9.99. The second-order valence-corrected chi connectivity index (χ2v) is 5.43. The quantitative estimate of drug-likeness (QED) is 0.853. The number of hydrogen-bond donors (Lipinski definition) is 0. The van der Waals surface area contributed by atoms with Crippen LogP contribution >= 0.6 is 0 Å².